The van der Waals surface area contributed by atoms with E-state index < -0.39 is 0 Å². The fourth-order valence-electron chi connectivity index (χ4n) is 13.2. The summed E-state index contributed by atoms with van der Waals surface area (Å²) in [5.74, 6) is 4.73. The number of rotatable bonds is 17. The lowest BCUT2D eigenvalue weighted by Gasteiger charge is -2.47. The van der Waals surface area contributed by atoms with Crippen LogP contribution in [-0.4, -0.2) is 143 Å². The monoisotopic (exact) mass is 1120 g/mol. The van der Waals surface area contributed by atoms with Crippen LogP contribution in [0.2, 0.25) is 0 Å². The van der Waals surface area contributed by atoms with Gasteiger partial charge in [0.2, 0.25) is 17.7 Å². The summed E-state index contributed by atoms with van der Waals surface area (Å²) in [7, 11) is 0. The summed E-state index contributed by atoms with van der Waals surface area (Å²) < 4.78 is 15.9. The number of hydrogen-bond acceptors (Lipinski definition) is 16. The van der Waals surface area contributed by atoms with E-state index in [2.05, 4.69) is 88.9 Å². The minimum atomic E-state index is -0.0309. The maximum absolute atomic E-state index is 12.3. The van der Waals surface area contributed by atoms with Gasteiger partial charge in [0.15, 0.2) is 34.2 Å². The predicted molar refractivity (Wildman–Crippen MR) is 320 cm³/mol. The van der Waals surface area contributed by atoms with Crippen LogP contribution in [0.25, 0.3) is 32.9 Å². The summed E-state index contributed by atoms with van der Waals surface area (Å²) in [4.78, 5) is 44.3. The third kappa shape index (κ3) is 14.9. The molecule has 19 nitrogen and oxygen atoms in total. The van der Waals surface area contributed by atoms with Crippen LogP contribution in [-0.2, 0) is 14.4 Å². The number of carbonyl (C=O) groups excluding carboxylic acids is 3. The van der Waals surface area contributed by atoms with Crippen molar-refractivity contribution in [2.45, 2.75) is 161 Å². The SMILES string of the molecule is CCC1CCC(N2CC(NC(=O)CNc3noc4ccc(C)cc34)C2)CC1.Cc1ccc2onc(NCC(=O)NC3CN(C4CCC(C#N)CC4)C3)c2c1.Cc1ccc2onc(NCC(=O)NC3CN(C4CCC(C(C)C)CC4)C3)c2c1. The quantitative estimate of drug-likeness (QED) is 0.0499. The summed E-state index contributed by atoms with van der Waals surface area (Å²) in [6, 6.07) is 22.8. The Kier molecular flexibility index (Phi) is 19.3. The molecule has 0 radical (unpaired) electrons. The smallest absolute Gasteiger partial charge is 0.239 e. The number of hydrogen-bond donors (Lipinski definition) is 6. The van der Waals surface area contributed by atoms with Gasteiger partial charge in [0.25, 0.3) is 0 Å². The Bertz CT molecular complexity index is 3120. The van der Waals surface area contributed by atoms with Crippen LogP contribution >= 0.6 is 0 Å². The number of likely N-dealkylation sites (tertiary alicyclic amines) is 3. The molecule has 6 heterocycles. The molecule has 82 heavy (non-hydrogen) atoms. The van der Waals surface area contributed by atoms with E-state index in [1.807, 2.05) is 75.4 Å². The second-order valence-corrected chi connectivity index (χ2v) is 24.8. The number of nitrogens with one attached hydrogen (secondary N) is 6. The number of aryl methyl sites for hydroxylation is 3. The molecule has 0 unspecified atom stereocenters. The summed E-state index contributed by atoms with van der Waals surface area (Å²) in [6.07, 6.45) is 16.2. The first-order valence-electron chi connectivity index (χ1n) is 30.5. The van der Waals surface area contributed by atoms with E-state index in [-0.39, 0.29) is 61.4 Å². The standard InChI is InChI=1S/C22H32N4O2.C21H30N4O2.C20H25N5O2/c1-14(2)16-5-7-18(8-6-16)26-12-17(13-26)24-21(27)11-23-22-19-10-15(3)4-9-20(19)28-25-22;1-3-15-5-7-17(8-6-15)25-12-16(13-25)23-20(26)11-22-21-18-10-14(2)4-9-19(18)27-24-21;1-13-2-7-18-17(8-13)20(24-27-18)22-10-19(26)23-15-11-25(12-15)16-5-3-14(9-21)4-6-16/h4,9-10,14,16-18H,5-8,11-13H2,1-3H3,(H,23,25)(H,24,27);4,9-10,15-17H,3,5-8,11-13H2,1-2H3,(H,22,24)(H,23,26);2,7-8,14-16H,3-6,10-12H2,1H3,(H,22,24)(H,23,26). The van der Waals surface area contributed by atoms with E-state index in [0.29, 0.717) is 35.1 Å². The summed E-state index contributed by atoms with van der Waals surface area (Å²) in [5, 5.41) is 42.4. The lowest BCUT2D eigenvalue weighted by molar-refractivity contribution is -0.122. The molecule has 3 aliphatic carbocycles. The fourth-order valence-corrected chi connectivity index (χ4v) is 13.2. The average Bonchev–Trinajstić information content (AvgIpc) is 4.28. The van der Waals surface area contributed by atoms with Crippen molar-refractivity contribution in [3.8, 4) is 6.07 Å². The Morgan fingerprint density at radius 3 is 1.17 bits per heavy atom. The molecule has 6 fully saturated rings. The van der Waals surface area contributed by atoms with Gasteiger partial charge >= 0.3 is 0 Å². The van der Waals surface area contributed by atoms with Gasteiger partial charge in [-0.15, -0.1) is 0 Å². The van der Waals surface area contributed by atoms with E-state index in [1.54, 1.807) is 0 Å². The second-order valence-electron chi connectivity index (χ2n) is 24.8. The van der Waals surface area contributed by atoms with Crippen molar-refractivity contribution < 1.29 is 28.0 Å². The largest absolute Gasteiger partial charge is 0.358 e. The van der Waals surface area contributed by atoms with E-state index in [4.69, 9.17) is 18.8 Å². The van der Waals surface area contributed by atoms with Crippen LogP contribution in [0.5, 0.6) is 0 Å². The van der Waals surface area contributed by atoms with Gasteiger partial charge < -0.3 is 45.5 Å². The van der Waals surface area contributed by atoms with Gasteiger partial charge in [0.1, 0.15) is 0 Å². The van der Waals surface area contributed by atoms with Crippen molar-refractivity contribution in [1.29, 1.82) is 5.26 Å². The van der Waals surface area contributed by atoms with Gasteiger partial charge in [-0.1, -0.05) is 77.6 Å². The fraction of sp³-hybridized carbons (Fsp3) is 0.603. The van der Waals surface area contributed by atoms with E-state index in [1.165, 1.54) is 57.8 Å². The topological polar surface area (TPSA) is 235 Å². The summed E-state index contributed by atoms with van der Waals surface area (Å²) in [5.41, 5.74) is 5.58. The normalized spacial score (nSPS) is 23.7. The predicted octanol–water partition coefficient (Wildman–Crippen LogP) is 9.31. The molecule has 3 saturated carbocycles. The number of carbonyl (C=O) groups is 3. The Labute approximate surface area is 482 Å². The molecule has 3 aliphatic heterocycles. The molecule has 440 valence electrons. The molecule has 3 aromatic carbocycles. The van der Waals surface area contributed by atoms with Crippen LogP contribution in [0.1, 0.15) is 121 Å². The molecular weight excluding hydrogens is 1030 g/mol. The Morgan fingerprint density at radius 1 is 0.524 bits per heavy atom. The third-order valence-corrected chi connectivity index (χ3v) is 18.5. The number of nitrogens with zero attached hydrogens (tertiary/aromatic N) is 7. The number of fused-ring (bicyclic) bond motifs is 3. The van der Waals surface area contributed by atoms with Crippen molar-refractivity contribution in [3.05, 3.63) is 71.3 Å². The molecule has 3 saturated heterocycles. The Hall–Kier alpha value is -6.75. The van der Waals surface area contributed by atoms with Crippen molar-refractivity contribution in [2.24, 2.45) is 23.7 Å². The minimum absolute atomic E-state index is 0.0111. The summed E-state index contributed by atoms with van der Waals surface area (Å²) in [6.45, 7) is 19.4. The van der Waals surface area contributed by atoms with Crippen molar-refractivity contribution >= 4 is 68.1 Å². The average molecular weight is 1120 g/mol. The molecule has 6 N–H and O–H groups in total. The van der Waals surface area contributed by atoms with Crippen molar-refractivity contribution in [1.82, 2.24) is 46.1 Å². The lowest BCUT2D eigenvalue weighted by atomic mass is 9.78. The molecule has 0 atom stereocenters. The van der Waals surface area contributed by atoms with Gasteiger partial charge in [-0.2, -0.15) is 5.26 Å². The van der Waals surface area contributed by atoms with E-state index in [9.17, 15) is 14.4 Å². The van der Waals surface area contributed by atoms with Crippen LogP contribution in [0.4, 0.5) is 17.5 Å². The molecule has 0 bridgehead atoms. The molecule has 6 aromatic rings. The molecule has 6 aliphatic rings. The van der Waals surface area contributed by atoms with Crippen LogP contribution in [0.3, 0.4) is 0 Å². The molecule has 0 spiro atoms. The number of benzene rings is 3. The van der Waals surface area contributed by atoms with Crippen molar-refractivity contribution in [2.75, 3.05) is 74.9 Å². The molecule has 3 amide bonds. The Balaban J connectivity index is 0.000000138. The zero-order valence-electron chi connectivity index (χ0n) is 49.1. The maximum atomic E-state index is 12.3. The number of anilines is 3. The number of aromatic nitrogens is 3. The molecule has 3 aromatic heterocycles. The van der Waals surface area contributed by atoms with E-state index >= 15 is 0 Å². The lowest BCUT2D eigenvalue weighted by Crippen LogP contribution is -2.63. The first-order valence-corrected chi connectivity index (χ1v) is 30.5. The summed E-state index contributed by atoms with van der Waals surface area (Å²) >= 11 is 0. The number of amides is 3. The van der Waals surface area contributed by atoms with Gasteiger partial charge in [-0.25, -0.2) is 0 Å². The first-order chi connectivity index (χ1) is 39.7. The minimum Gasteiger partial charge on any atom is -0.358 e. The molecule has 12 rings (SSSR count). The van der Waals surface area contributed by atoms with Crippen LogP contribution in [0, 0.1) is 55.8 Å². The zero-order valence-corrected chi connectivity index (χ0v) is 49.1. The first kappa shape index (κ1) is 58.4. The maximum Gasteiger partial charge on any atom is 0.239 e. The van der Waals surface area contributed by atoms with Crippen LogP contribution in [0.15, 0.2) is 68.2 Å². The highest BCUT2D eigenvalue weighted by Crippen LogP contribution is 2.35. The molecular formula is C63H87N13O6. The zero-order chi connectivity index (χ0) is 57.3. The molecule has 19 heteroatoms. The highest BCUT2D eigenvalue weighted by atomic mass is 16.5. The van der Waals surface area contributed by atoms with Gasteiger partial charge in [-0.3, -0.25) is 29.1 Å². The van der Waals surface area contributed by atoms with Crippen LogP contribution < -0.4 is 31.9 Å². The number of nitriles is 1. The highest BCUT2D eigenvalue weighted by molar-refractivity contribution is 5.92. The van der Waals surface area contributed by atoms with Gasteiger partial charge in [0, 0.05) is 63.3 Å². The third-order valence-electron chi connectivity index (χ3n) is 18.5. The Morgan fingerprint density at radius 2 is 0.854 bits per heavy atom. The van der Waals surface area contributed by atoms with E-state index in [0.717, 1.165) is 133 Å². The van der Waals surface area contributed by atoms with Crippen molar-refractivity contribution in [3.63, 3.8) is 0 Å². The highest BCUT2D eigenvalue weighted by Gasteiger charge is 2.38. The van der Waals surface area contributed by atoms with Gasteiger partial charge in [-0.05, 0) is 152 Å². The van der Waals surface area contributed by atoms with Gasteiger partial charge in [0.05, 0.1) is 60.0 Å². The second kappa shape index (κ2) is 27.1.